The highest BCUT2D eigenvalue weighted by molar-refractivity contribution is 5.99. The Kier molecular flexibility index (Phi) is 26.5. The lowest BCUT2D eigenvalue weighted by molar-refractivity contribution is -0.145. The molecule has 1 heterocycles. The first-order valence-corrected chi connectivity index (χ1v) is 27.0. The van der Waals surface area contributed by atoms with Gasteiger partial charge < -0.3 is 101 Å². The van der Waals surface area contributed by atoms with Gasteiger partial charge in [-0.15, -0.1) is 0 Å². The number of aromatic amines is 1. The number of phenols is 2. The molecule has 0 spiro atoms. The second-order valence-electron chi connectivity index (χ2n) is 20.6. The molecule has 0 saturated heterocycles. The number of nitrogens with two attached hydrogens (primary N) is 3. The topological polar surface area (TPSA) is 518 Å². The number of primary amides is 1. The van der Waals surface area contributed by atoms with Gasteiger partial charge in [0.1, 0.15) is 53.8 Å². The summed E-state index contributed by atoms with van der Waals surface area (Å²) >= 11 is 0. The Hall–Kier alpha value is -9.39. The molecule has 0 aliphatic heterocycles. The SMILES string of the molecule is CC(C)C[C@H](NC(=O)[C@H](Cc1c[nH]c2ccccc12)NC(=O)[C@H](Cc1ccc(O)cc1)NC(=O)[C@H](CO)NC(=O)[C@H](Cc1ccc(O)cc1)NC(=O)[C@H](CC(N)=O)NC(=O)[C@@H](N)CCCNC(=N)N)C(=O)N[C@@H](CO)C(=O)N[C@H](C(=O)O)[C@@H](C)O. The van der Waals surface area contributed by atoms with E-state index in [-0.39, 0.29) is 68.4 Å². The lowest BCUT2D eigenvalue weighted by Crippen LogP contribution is -2.62. The van der Waals surface area contributed by atoms with E-state index >= 15 is 0 Å². The first kappa shape index (κ1) is 68.1. The van der Waals surface area contributed by atoms with Crippen LogP contribution in [0.15, 0.2) is 79.0 Å². The van der Waals surface area contributed by atoms with Gasteiger partial charge in [0.25, 0.3) is 0 Å². The third-order valence-corrected chi connectivity index (χ3v) is 13.2. The number of aliphatic carboxylic acids is 1. The number of carbonyl (C=O) groups excluding carboxylic acids is 9. The standard InChI is InChI=1S/C55H76N14O16/c1-27(2)19-37(47(77)68-43(26-71)53(83)69-45(28(3)72)54(84)85)63-50(80)40(22-31-24-61-36-9-5-4-7-34(31)36)66-48(78)38(20-29-10-14-32(73)15-11-29)65-52(82)42(25-70)67-49(79)39(21-30-12-16-33(74)17-13-30)64-51(81)41(23-44(57)75)62-46(76)35(56)8-6-18-60-55(58)59/h4-5,7,9-17,24,27-28,35,37-43,45,61,70-74H,6,8,18-23,25-26,56H2,1-3H3,(H2,57,75)(H,62,76)(H,63,80)(H,64,81)(H,65,82)(H,66,78)(H,67,79)(H,68,77)(H,69,83)(H,84,85)(H4,58,59,60)/t28-,35+,37+,38+,39+,40+,41+,42+,43+,45+/m1/s1. The number of benzene rings is 3. The normalized spacial score (nSPS) is 14.7. The number of rotatable bonds is 34. The smallest absolute Gasteiger partial charge is 0.328 e. The molecule has 0 saturated carbocycles. The van der Waals surface area contributed by atoms with E-state index in [0.717, 1.165) is 6.92 Å². The maximum absolute atomic E-state index is 14.8. The first-order chi connectivity index (χ1) is 40.2. The van der Waals surface area contributed by atoms with Crippen LogP contribution in [-0.2, 0) is 67.2 Å². The highest BCUT2D eigenvalue weighted by atomic mass is 16.4. The lowest BCUT2D eigenvalue weighted by atomic mass is 9.99. The minimum Gasteiger partial charge on any atom is -0.508 e. The van der Waals surface area contributed by atoms with Gasteiger partial charge >= 0.3 is 5.97 Å². The predicted octanol–water partition coefficient (Wildman–Crippen LogP) is -4.55. The molecule has 23 N–H and O–H groups in total. The number of aliphatic hydroxyl groups is 3. The fraction of sp³-hybridized carbons (Fsp3) is 0.436. The molecule has 462 valence electrons. The number of guanidine groups is 1. The quantitative estimate of drug-likeness (QED) is 0.0119. The maximum Gasteiger partial charge on any atom is 0.328 e. The second kappa shape index (κ2) is 33.0. The van der Waals surface area contributed by atoms with Gasteiger partial charge in [-0.3, -0.25) is 48.6 Å². The zero-order valence-corrected chi connectivity index (χ0v) is 46.9. The van der Waals surface area contributed by atoms with Crippen molar-refractivity contribution in [2.24, 2.45) is 23.1 Å². The Morgan fingerprint density at radius 2 is 0.988 bits per heavy atom. The van der Waals surface area contributed by atoms with Crippen molar-refractivity contribution in [3.63, 3.8) is 0 Å². The summed E-state index contributed by atoms with van der Waals surface area (Å²) in [5.41, 5.74) is 18.6. The highest BCUT2D eigenvalue weighted by Gasteiger charge is 2.36. The van der Waals surface area contributed by atoms with Crippen molar-refractivity contribution in [1.82, 2.24) is 52.8 Å². The summed E-state index contributed by atoms with van der Waals surface area (Å²) < 4.78 is 0. The molecule has 0 unspecified atom stereocenters. The highest BCUT2D eigenvalue weighted by Crippen LogP contribution is 2.21. The van der Waals surface area contributed by atoms with E-state index in [9.17, 15) is 78.6 Å². The van der Waals surface area contributed by atoms with Crippen LogP contribution in [0.2, 0.25) is 0 Å². The number of aromatic hydroxyl groups is 2. The number of H-pyrrole nitrogens is 1. The second-order valence-corrected chi connectivity index (χ2v) is 20.6. The molecular weight excluding hydrogens is 1110 g/mol. The van der Waals surface area contributed by atoms with Crippen molar-refractivity contribution in [3.05, 3.63) is 95.7 Å². The van der Waals surface area contributed by atoms with E-state index in [2.05, 4.69) is 47.5 Å². The lowest BCUT2D eigenvalue weighted by Gasteiger charge is -2.28. The molecule has 85 heavy (non-hydrogen) atoms. The molecule has 30 nitrogen and oxygen atoms in total. The molecule has 3 aromatic carbocycles. The van der Waals surface area contributed by atoms with Crippen LogP contribution in [0.3, 0.4) is 0 Å². The number of fused-ring (bicyclic) bond motifs is 1. The van der Waals surface area contributed by atoms with Gasteiger partial charge in [0.05, 0.1) is 31.8 Å². The summed E-state index contributed by atoms with van der Waals surface area (Å²) in [6, 6.07) is 3.13. The molecule has 0 aliphatic carbocycles. The van der Waals surface area contributed by atoms with Crippen LogP contribution < -0.4 is 65.1 Å². The fourth-order valence-corrected chi connectivity index (χ4v) is 8.62. The summed E-state index contributed by atoms with van der Waals surface area (Å²) in [5.74, 6) is -12.0. The number of para-hydroxylation sites is 1. The third-order valence-electron chi connectivity index (χ3n) is 13.2. The van der Waals surface area contributed by atoms with E-state index in [1.165, 1.54) is 48.5 Å². The number of nitrogens with one attached hydrogen (secondary N) is 11. The zero-order valence-electron chi connectivity index (χ0n) is 46.9. The van der Waals surface area contributed by atoms with Crippen molar-refractivity contribution >= 4 is 76.0 Å². The Bertz CT molecular complexity index is 2980. The number of aromatic nitrogens is 1. The molecule has 9 amide bonds. The van der Waals surface area contributed by atoms with Crippen LogP contribution in [0.5, 0.6) is 11.5 Å². The molecule has 30 heteroatoms. The number of carboxylic acid groups (broad SMARTS) is 1. The number of carboxylic acids is 1. The van der Waals surface area contributed by atoms with Crippen LogP contribution in [0.4, 0.5) is 0 Å². The Morgan fingerprint density at radius 1 is 0.565 bits per heavy atom. The van der Waals surface area contributed by atoms with Crippen LogP contribution in [0.1, 0.15) is 63.1 Å². The van der Waals surface area contributed by atoms with E-state index in [4.69, 9.17) is 22.6 Å². The summed E-state index contributed by atoms with van der Waals surface area (Å²) in [6.45, 7) is 2.57. The molecule has 10 atom stereocenters. The van der Waals surface area contributed by atoms with E-state index in [1.807, 2.05) is 5.32 Å². The van der Waals surface area contributed by atoms with Crippen LogP contribution in [0, 0.1) is 11.3 Å². The fourth-order valence-electron chi connectivity index (χ4n) is 8.62. The third kappa shape index (κ3) is 22.0. The van der Waals surface area contributed by atoms with Crippen molar-refractivity contribution in [2.75, 3.05) is 19.8 Å². The number of amides is 9. The summed E-state index contributed by atoms with van der Waals surface area (Å²) in [5, 5.41) is 89.9. The Morgan fingerprint density at radius 3 is 1.45 bits per heavy atom. The molecule has 1 aromatic heterocycles. The predicted molar refractivity (Wildman–Crippen MR) is 305 cm³/mol. The number of carbonyl (C=O) groups is 10. The van der Waals surface area contributed by atoms with Gasteiger partial charge in [-0.05, 0) is 79.1 Å². The van der Waals surface area contributed by atoms with Gasteiger partial charge in [-0.1, -0.05) is 56.3 Å². The molecule has 0 aliphatic rings. The van der Waals surface area contributed by atoms with Gasteiger partial charge in [0.2, 0.25) is 53.2 Å². The van der Waals surface area contributed by atoms with Gasteiger partial charge in [0.15, 0.2) is 12.0 Å². The number of hydrogen-bond donors (Lipinski definition) is 20. The molecular formula is C55H76N14O16. The van der Waals surface area contributed by atoms with Gasteiger partial charge in [0, 0.05) is 42.9 Å². The van der Waals surface area contributed by atoms with Crippen molar-refractivity contribution in [3.8, 4) is 11.5 Å². The summed E-state index contributed by atoms with van der Waals surface area (Å²) in [4.78, 5) is 139. The number of aliphatic hydroxyl groups excluding tert-OH is 3. The van der Waals surface area contributed by atoms with E-state index < -0.39 is 139 Å². The molecule has 0 fully saturated rings. The summed E-state index contributed by atoms with van der Waals surface area (Å²) in [6.07, 6.45) is -1.46. The van der Waals surface area contributed by atoms with Crippen molar-refractivity contribution in [1.29, 1.82) is 5.41 Å². The van der Waals surface area contributed by atoms with Gasteiger partial charge in [-0.25, -0.2) is 4.79 Å². The van der Waals surface area contributed by atoms with Crippen LogP contribution >= 0.6 is 0 Å². The van der Waals surface area contributed by atoms with E-state index in [0.29, 0.717) is 27.6 Å². The Labute approximate surface area is 487 Å². The molecule has 4 rings (SSSR count). The van der Waals surface area contributed by atoms with Gasteiger partial charge in [-0.2, -0.15) is 0 Å². The average Bonchev–Trinajstić information content (AvgIpc) is 3.56. The molecule has 0 radical (unpaired) electrons. The minimum absolute atomic E-state index is 0.0517. The van der Waals surface area contributed by atoms with Crippen molar-refractivity contribution in [2.45, 2.75) is 126 Å². The molecule has 4 aromatic rings. The van der Waals surface area contributed by atoms with Crippen LogP contribution in [0.25, 0.3) is 10.9 Å². The minimum atomic E-state index is -1.88. The monoisotopic (exact) mass is 1190 g/mol. The molecule has 0 bridgehead atoms. The van der Waals surface area contributed by atoms with Crippen LogP contribution in [-0.4, -0.2) is 181 Å². The number of phenolic OH excluding ortho intramolecular Hbond substituents is 2. The van der Waals surface area contributed by atoms with E-state index in [1.54, 1.807) is 44.3 Å². The van der Waals surface area contributed by atoms with Crippen molar-refractivity contribution < 1.29 is 78.6 Å². The first-order valence-electron chi connectivity index (χ1n) is 27.0. The number of hydrogen-bond acceptors (Lipinski definition) is 17. The average molecular weight is 1190 g/mol. The largest absolute Gasteiger partial charge is 0.508 e. The zero-order chi connectivity index (χ0) is 63.1. The summed E-state index contributed by atoms with van der Waals surface area (Å²) in [7, 11) is 0. The maximum atomic E-state index is 14.8. The Balaban J connectivity index is 1.66.